The number of amidine groups is 1. The lowest BCUT2D eigenvalue weighted by molar-refractivity contribution is -0.0145. The largest absolute Gasteiger partial charge is 0.474 e. The summed E-state index contributed by atoms with van der Waals surface area (Å²) in [5.74, 6) is -1.85. The van der Waals surface area contributed by atoms with Crippen molar-refractivity contribution in [3.8, 4) is 5.88 Å². The first-order valence-corrected chi connectivity index (χ1v) is 8.68. The molecule has 0 spiro atoms. The Labute approximate surface area is 180 Å². The van der Waals surface area contributed by atoms with Gasteiger partial charge < -0.3 is 20.5 Å². The highest BCUT2D eigenvalue weighted by molar-refractivity contribution is 6.02. The molecule has 1 aliphatic rings. The zero-order valence-electron chi connectivity index (χ0n) is 15.9. The zero-order valence-corrected chi connectivity index (χ0v) is 16.7. The van der Waals surface area contributed by atoms with E-state index in [2.05, 4.69) is 20.3 Å². The molecule has 13 heteroatoms. The molecule has 3 N–H and O–H groups in total. The molecule has 0 bridgehead atoms. The molecular formula is C18H18ClF4N5O3. The summed E-state index contributed by atoms with van der Waals surface area (Å²) in [7, 11) is 0. The van der Waals surface area contributed by atoms with Gasteiger partial charge in [0.2, 0.25) is 5.88 Å². The molecule has 8 nitrogen and oxygen atoms in total. The highest BCUT2D eigenvalue weighted by Crippen LogP contribution is 2.38. The minimum absolute atomic E-state index is 0. The third kappa shape index (κ3) is 5.39. The number of ether oxygens (including phenoxy) is 2. The van der Waals surface area contributed by atoms with E-state index in [9.17, 15) is 22.4 Å². The van der Waals surface area contributed by atoms with Gasteiger partial charge in [0.25, 0.3) is 12.3 Å². The van der Waals surface area contributed by atoms with Gasteiger partial charge in [0.1, 0.15) is 37.2 Å². The Bertz CT molecular complexity index is 948. The fourth-order valence-electron chi connectivity index (χ4n) is 2.78. The van der Waals surface area contributed by atoms with Crippen LogP contribution in [0.15, 0.2) is 35.6 Å². The minimum atomic E-state index is -3.11. The number of aliphatic imine (C=N–C) groups is 1. The van der Waals surface area contributed by atoms with Crippen LogP contribution in [0.5, 0.6) is 5.88 Å². The summed E-state index contributed by atoms with van der Waals surface area (Å²) in [6.45, 7) is -1.64. The van der Waals surface area contributed by atoms with Crippen LogP contribution in [0, 0.1) is 5.82 Å². The lowest BCUT2D eigenvalue weighted by Gasteiger charge is -2.33. The number of hydrogen-bond acceptors (Lipinski definition) is 7. The van der Waals surface area contributed by atoms with Crippen molar-refractivity contribution in [3.05, 3.63) is 47.7 Å². The third-order valence-corrected chi connectivity index (χ3v) is 4.15. The number of alkyl halides is 3. The van der Waals surface area contributed by atoms with Gasteiger partial charge in [-0.3, -0.25) is 9.79 Å². The maximum atomic E-state index is 14.4. The van der Waals surface area contributed by atoms with Crippen LogP contribution in [0.2, 0.25) is 0 Å². The van der Waals surface area contributed by atoms with E-state index in [0.29, 0.717) is 0 Å². The summed E-state index contributed by atoms with van der Waals surface area (Å²) < 4.78 is 64.2. The van der Waals surface area contributed by atoms with Crippen molar-refractivity contribution in [2.45, 2.75) is 12.0 Å². The fourth-order valence-corrected chi connectivity index (χ4v) is 2.78. The molecule has 168 valence electrons. The van der Waals surface area contributed by atoms with Crippen LogP contribution >= 0.6 is 12.4 Å². The van der Waals surface area contributed by atoms with E-state index in [1.54, 1.807) is 0 Å². The van der Waals surface area contributed by atoms with Crippen LogP contribution in [0.25, 0.3) is 0 Å². The molecule has 0 aliphatic carbocycles. The summed E-state index contributed by atoms with van der Waals surface area (Å²) in [5.41, 5.74) is 2.62. The van der Waals surface area contributed by atoms with Gasteiger partial charge >= 0.3 is 0 Å². The van der Waals surface area contributed by atoms with Crippen LogP contribution < -0.4 is 15.8 Å². The maximum absolute atomic E-state index is 14.4. The normalized spacial score (nSPS) is 18.2. The number of nitrogens with two attached hydrogens (primary N) is 1. The predicted molar refractivity (Wildman–Crippen MR) is 105 cm³/mol. The third-order valence-electron chi connectivity index (χ3n) is 4.15. The maximum Gasteiger partial charge on any atom is 0.275 e. The molecular weight excluding hydrogens is 446 g/mol. The van der Waals surface area contributed by atoms with E-state index < -0.39 is 42.5 Å². The Morgan fingerprint density at radius 2 is 2.10 bits per heavy atom. The molecule has 31 heavy (non-hydrogen) atoms. The lowest BCUT2D eigenvalue weighted by Crippen LogP contribution is -2.45. The van der Waals surface area contributed by atoms with E-state index in [1.807, 2.05) is 0 Å². The van der Waals surface area contributed by atoms with E-state index in [0.717, 1.165) is 24.5 Å². The number of nitrogens with one attached hydrogen (secondary N) is 1. The molecule has 1 aliphatic heterocycles. The second-order valence-corrected chi connectivity index (χ2v) is 6.25. The Kier molecular flexibility index (Phi) is 8.11. The molecule has 0 fully saturated rings. The Hall–Kier alpha value is -2.99. The van der Waals surface area contributed by atoms with Crippen molar-refractivity contribution in [3.63, 3.8) is 0 Å². The number of amides is 1. The highest BCUT2D eigenvalue weighted by atomic mass is 35.5. The monoisotopic (exact) mass is 463 g/mol. The first kappa shape index (κ1) is 24.3. The second kappa shape index (κ2) is 10.4. The van der Waals surface area contributed by atoms with Crippen molar-refractivity contribution in [1.29, 1.82) is 0 Å². The number of halogens is 5. The molecule has 2 aromatic rings. The number of anilines is 1. The topological polar surface area (TPSA) is 112 Å². The summed E-state index contributed by atoms with van der Waals surface area (Å²) in [5, 5.41) is 2.42. The molecule has 1 aromatic heterocycles. The fraction of sp³-hybridized carbons (Fsp3) is 0.333. The lowest BCUT2D eigenvalue weighted by atomic mass is 9.90. The number of hydrogen-bond donors (Lipinski definition) is 2. The first-order chi connectivity index (χ1) is 14.4. The number of carbonyl (C=O) groups excluding carboxylic acids is 1. The van der Waals surface area contributed by atoms with Crippen molar-refractivity contribution >= 4 is 29.8 Å². The van der Waals surface area contributed by atoms with Gasteiger partial charge in [0.05, 0.1) is 19.0 Å². The molecule has 0 unspecified atom stereocenters. The van der Waals surface area contributed by atoms with Crippen LogP contribution in [0.3, 0.4) is 0 Å². The van der Waals surface area contributed by atoms with Gasteiger partial charge in [-0.2, -0.15) is 0 Å². The van der Waals surface area contributed by atoms with Crippen LogP contribution in [0.1, 0.15) is 16.1 Å². The predicted octanol–water partition coefficient (Wildman–Crippen LogP) is 2.49. The second-order valence-electron chi connectivity index (χ2n) is 6.25. The quantitative estimate of drug-likeness (QED) is 0.610. The first-order valence-electron chi connectivity index (χ1n) is 8.68. The van der Waals surface area contributed by atoms with Crippen molar-refractivity contribution in [2.75, 3.05) is 31.8 Å². The molecule has 1 aromatic carbocycles. The number of nitrogens with zero attached hydrogens (tertiary/aromatic N) is 3. The van der Waals surface area contributed by atoms with Crippen LogP contribution in [-0.4, -0.2) is 54.6 Å². The molecule has 0 saturated carbocycles. The van der Waals surface area contributed by atoms with E-state index in [4.69, 9.17) is 15.2 Å². The van der Waals surface area contributed by atoms with E-state index >= 15 is 0 Å². The standard InChI is InChI=1S/C18H17F4N5O3.ClH/c19-3-4-30-15-7-24-13(6-25-15)16(28)26-10-1-2-12(20)11(5-10)18(17(21)22)9-29-8-14(23)27-18;/h1-2,5-7,17H,3-4,8-9H2,(H2,23,27)(H,26,28);1H/t18-;/m0./s1. The highest BCUT2D eigenvalue weighted by Gasteiger charge is 2.46. The number of rotatable bonds is 7. The number of carbonyl (C=O) groups is 1. The Morgan fingerprint density at radius 1 is 1.32 bits per heavy atom. The molecule has 1 amide bonds. The van der Waals surface area contributed by atoms with Crippen molar-refractivity contribution in [2.24, 2.45) is 10.7 Å². The number of benzene rings is 1. The smallest absolute Gasteiger partial charge is 0.275 e. The summed E-state index contributed by atoms with van der Waals surface area (Å²) >= 11 is 0. The van der Waals surface area contributed by atoms with Gasteiger partial charge in [-0.25, -0.2) is 27.5 Å². The average Bonchev–Trinajstić information content (AvgIpc) is 2.73. The SMILES string of the molecule is Cl.NC1=N[C@@](c2cc(NC(=O)c3cnc(OCCF)cn3)ccc2F)(C(F)F)COC1. The molecule has 2 heterocycles. The van der Waals surface area contributed by atoms with E-state index in [-0.39, 0.29) is 48.7 Å². The number of aromatic nitrogens is 2. The average molecular weight is 464 g/mol. The Balaban J connectivity index is 0.00000341. The van der Waals surface area contributed by atoms with Gasteiger partial charge in [-0.15, -0.1) is 12.4 Å². The van der Waals surface area contributed by atoms with Crippen LogP contribution in [-0.2, 0) is 10.3 Å². The van der Waals surface area contributed by atoms with Crippen molar-refractivity contribution in [1.82, 2.24) is 9.97 Å². The summed E-state index contributed by atoms with van der Waals surface area (Å²) in [4.78, 5) is 23.8. The van der Waals surface area contributed by atoms with Gasteiger partial charge in [0, 0.05) is 11.3 Å². The molecule has 1 atom stereocenters. The van der Waals surface area contributed by atoms with E-state index in [1.165, 1.54) is 6.07 Å². The van der Waals surface area contributed by atoms with Gasteiger partial charge in [-0.05, 0) is 18.2 Å². The minimum Gasteiger partial charge on any atom is -0.474 e. The van der Waals surface area contributed by atoms with Crippen LogP contribution in [0.4, 0.5) is 23.2 Å². The molecule has 0 saturated heterocycles. The van der Waals surface area contributed by atoms with Gasteiger partial charge in [0.15, 0.2) is 5.54 Å². The summed E-state index contributed by atoms with van der Waals surface area (Å²) in [6, 6.07) is 3.16. The summed E-state index contributed by atoms with van der Waals surface area (Å²) in [6.07, 6.45) is -0.892. The molecule has 0 radical (unpaired) electrons. The Morgan fingerprint density at radius 3 is 2.71 bits per heavy atom. The van der Waals surface area contributed by atoms with Crippen molar-refractivity contribution < 1.29 is 31.8 Å². The molecule has 3 rings (SSSR count). The van der Waals surface area contributed by atoms with Gasteiger partial charge in [-0.1, -0.05) is 0 Å². The zero-order chi connectivity index (χ0) is 21.7.